The molecule has 0 spiro atoms. The maximum absolute atomic E-state index is 14.7. The molecule has 1 aliphatic carbocycles. The first kappa shape index (κ1) is 21.6. The molecule has 2 aromatic carbocycles. The zero-order valence-corrected chi connectivity index (χ0v) is 17.5. The minimum absolute atomic E-state index is 0.262. The molecule has 33 heavy (non-hydrogen) atoms. The van der Waals surface area contributed by atoms with Crippen molar-refractivity contribution in [3.63, 3.8) is 0 Å². The van der Waals surface area contributed by atoms with Gasteiger partial charge in [0.25, 0.3) is 0 Å². The molecular weight excluding hydrogens is 438 g/mol. The predicted octanol–water partition coefficient (Wildman–Crippen LogP) is 5.54. The molecule has 1 atom stereocenters. The van der Waals surface area contributed by atoms with Crippen molar-refractivity contribution in [3.05, 3.63) is 65.1 Å². The third kappa shape index (κ3) is 4.13. The van der Waals surface area contributed by atoms with Gasteiger partial charge in [0.2, 0.25) is 6.41 Å². The molecule has 0 bridgehead atoms. The normalized spacial score (nSPS) is 19.0. The van der Waals surface area contributed by atoms with Gasteiger partial charge in [-0.2, -0.15) is 13.2 Å². The quantitative estimate of drug-likeness (QED) is 0.402. The number of alkyl halides is 3. The Hall–Kier alpha value is -3.20. The fourth-order valence-electron chi connectivity index (χ4n) is 4.36. The Morgan fingerprint density at radius 3 is 2.64 bits per heavy atom. The summed E-state index contributed by atoms with van der Waals surface area (Å²) in [5.74, 6) is -0.740. The number of anilines is 2. The molecule has 1 unspecified atom stereocenters. The third-order valence-electron chi connectivity index (χ3n) is 6.14. The zero-order chi connectivity index (χ0) is 23.2. The van der Waals surface area contributed by atoms with Crippen LogP contribution in [0.25, 0.3) is 10.8 Å². The smallest absolute Gasteiger partial charge is 0.370 e. The van der Waals surface area contributed by atoms with Crippen molar-refractivity contribution in [2.24, 2.45) is 0 Å². The number of rotatable bonds is 5. The second-order valence-corrected chi connectivity index (χ2v) is 8.36. The van der Waals surface area contributed by atoms with E-state index in [1.165, 1.54) is 6.07 Å². The number of hydrogen-bond acceptors (Lipinski definition) is 4. The summed E-state index contributed by atoms with van der Waals surface area (Å²) in [4.78, 5) is 17.4. The van der Waals surface area contributed by atoms with Gasteiger partial charge in [0, 0.05) is 23.7 Å². The maximum atomic E-state index is 14.7. The number of fused-ring (bicyclic) bond motifs is 1. The van der Waals surface area contributed by atoms with Crippen molar-refractivity contribution in [2.75, 3.05) is 25.0 Å². The zero-order valence-electron chi connectivity index (χ0n) is 17.5. The summed E-state index contributed by atoms with van der Waals surface area (Å²) in [6.45, 7) is 1.29. The summed E-state index contributed by atoms with van der Waals surface area (Å²) in [6.07, 6.45) is -0.697. The Kier molecular flexibility index (Phi) is 5.44. The summed E-state index contributed by atoms with van der Waals surface area (Å²) < 4.78 is 60.1. The number of ether oxygens (including phenoxy) is 1. The molecule has 172 valence electrons. The largest absolute Gasteiger partial charge is 0.419 e. The van der Waals surface area contributed by atoms with Crippen LogP contribution in [0.2, 0.25) is 0 Å². The molecular formula is C24H21F4N3O2. The monoisotopic (exact) mass is 459 g/mol. The molecule has 5 nitrogen and oxygen atoms in total. The molecule has 1 saturated heterocycles. The van der Waals surface area contributed by atoms with Crippen LogP contribution >= 0.6 is 0 Å². The van der Waals surface area contributed by atoms with E-state index in [4.69, 9.17) is 4.74 Å². The van der Waals surface area contributed by atoms with Gasteiger partial charge in [-0.15, -0.1) is 0 Å². The van der Waals surface area contributed by atoms with E-state index in [1.807, 2.05) is 18.2 Å². The highest BCUT2D eigenvalue weighted by molar-refractivity contribution is 5.98. The Morgan fingerprint density at radius 1 is 1.12 bits per heavy atom. The van der Waals surface area contributed by atoms with Gasteiger partial charge in [0.15, 0.2) is 5.82 Å². The third-order valence-corrected chi connectivity index (χ3v) is 6.14. The minimum Gasteiger partial charge on any atom is -0.370 e. The van der Waals surface area contributed by atoms with Crippen LogP contribution in [0.4, 0.5) is 29.1 Å². The molecule has 1 N–H and O–H groups in total. The van der Waals surface area contributed by atoms with E-state index >= 15 is 0 Å². The van der Waals surface area contributed by atoms with Crippen LogP contribution < -0.4 is 5.32 Å². The van der Waals surface area contributed by atoms with Gasteiger partial charge in [-0.3, -0.25) is 4.79 Å². The van der Waals surface area contributed by atoms with Crippen LogP contribution in [-0.2, 0) is 15.7 Å². The maximum Gasteiger partial charge on any atom is 0.419 e. The molecule has 2 aliphatic rings. The summed E-state index contributed by atoms with van der Waals surface area (Å²) in [7, 11) is 0. The second-order valence-electron chi connectivity index (χ2n) is 8.36. The highest BCUT2D eigenvalue weighted by Crippen LogP contribution is 2.46. The Balaban J connectivity index is 1.61. The minimum atomic E-state index is -4.80. The van der Waals surface area contributed by atoms with Crippen LogP contribution in [0.1, 0.15) is 41.6 Å². The SMILES string of the molecule is O=CN1CCOC(c2cnc(Nc3cccc(C(F)(F)F)c3F)c3cccc(C4CC4)c23)C1. The van der Waals surface area contributed by atoms with Crippen molar-refractivity contribution in [3.8, 4) is 0 Å². The molecule has 5 rings (SSSR count). The number of amides is 1. The van der Waals surface area contributed by atoms with Gasteiger partial charge in [-0.25, -0.2) is 9.37 Å². The Morgan fingerprint density at radius 2 is 1.91 bits per heavy atom. The van der Waals surface area contributed by atoms with Crippen LogP contribution in [0, 0.1) is 5.82 Å². The van der Waals surface area contributed by atoms with Gasteiger partial charge in [-0.1, -0.05) is 24.3 Å². The lowest BCUT2D eigenvalue weighted by atomic mass is 9.94. The number of hydrogen-bond donors (Lipinski definition) is 1. The lowest BCUT2D eigenvalue weighted by Gasteiger charge is -2.31. The topological polar surface area (TPSA) is 54.5 Å². The number of carbonyl (C=O) groups excluding carboxylic acids is 1. The number of aromatic nitrogens is 1. The van der Waals surface area contributed by atoms with Crippen molar-refractivity contribution < 1.29 is 27.1 Å². The van der Waals surface area contributed by atoms with Gasteiger partial charge in [0.05, 0.1) is 24.4 Å². The van der Waals surface area contributed by atoms with Crippen molar-refractivity contribution >= 4 is 28.7 Å². The van der Waals surface area contributed by atoms with Gasteiger partial charge in [-0.05, 0) is 41.8 Å². The lowest BCUT2D eigenvalue weighted by Crippen LogP contribution is -2.37. The number of morpholine rings is 1. The second kappa shape index (κ2) is 8.30. The summed E-state index contributed by atoms with van der Waals surface area (Å²) in [6, 6.07) is 8.83. The molecule has 1 aliphatic heterocycles. The Bertz CT molecular complexity index is 1210. The summed E-state index contributed by atoms with van der Waals surface area (Å²) in [5.41, 5.74) is 0.277. The van der Waals surface area contributed by atoms with Crippen LogP contribution in [0.3, 0.4) is 0 Å². The van der Waals surface area contributed by atoms with Gasteiger partial charge in [0.1, 0.15) is 11.9 Å². The first-order valence-corrected chi connectivity index (χ1v) is 10.7. The number of pyridine rings is 1. The van der Waals surface area contributed by atoms with Gasteiger partial charge < -0.3 is 15.0 Å². The van der Waals surface area contributed by atoms with Crippen molar-refractivity contribution in [1.82, 2.24) is 9.88 Å². The van der Waals surface area contributed by atoms with Crippen LogP contribution in [-0.4, -0.2) is 36.0 Å². The molecule has 3 aromatic rings. The average Bonchev–Trinajstić information content (AvgIpc) is 3.65. The predicted molar refractivity (Wildman–Crippen MR) is 115 cm³/mol. The van der Waals surface area contributed by atoms with E-state index in [9.17, 15) is 22.4 Å². The van der Waals surface area contributed by atoms with E-state index in [-0.39, 0.29) is 17.6 Å². The molecule has 2 fully saturated rings. The summed E-state index contributed by atoms with van der Waals surface area (Å²) in [5, 5.41) is 4.33. The van der Waals surface area contributed by atoms with Crippen LogP contribution in [0.15, 0.2) is 42.6 Å². The lowest BCUT2D eigenvalue weighted by molar-refractivity contribution is -0.139. The van der Waals surface area contributed by atoms with E-state index < -0.39 is 17.6 Å². The molecule has 1 amide bonds. The first-order valence-electron chi connectivity index (χ1n) is 10.7. The Labute approximate surface area is 187 Å². The molecule has 1 saturated carbocycles. The van der Waals surface area contributed by atoms with Crippen molar-refractivity contribution in [2.45, 2.75) is 31.0 Å². The molecule has 2 heterocycles. The molecule has 0 radical (unpaired) electrons. The first-order chi connectivity index (χ1) is 15.9. The van der Waals surface area contributed by atoms with E-state index in [0.29, 0.717) is 37.1 Å². The highest BCUT2D eigenvalue weighted by Gasteiger charge is 2.35. The number of nitrogens with zero attached hydrogens (tertiary/aromatic N) is 2. The number of carbonyl (C=O) groups is 1. The molecule has 1 aromatic heterocycles. The fraction of sp³-hybridized carbons (Fsp3) is 0.333. The van der Waals surface area contributed by atoms with Crippen LogP contribution in [0.5, 0.6) is 0 Å². The van der Waals surface area contributed by atoms with E-state index in [2.05, 4.69) is 10.3 Å². The summed E-state index contributed by atoms with van der Waals surface area (Å²) >= 11 is 0. The fourth-order valence-corrected chi connectivity index (χ4v) is 4.36. The number of benzene rings is 2. The van der Waals surface area contributed by atoms with Crippen molar-refractivity contribution in [1.29, 1.82) is 0 Å². The standard InChI is InChI=1S/C24H21F4N3O2/c25-22-18(24(26,27)28)5-2-6-19(22)30-23-16-4-1-3-15(14-7-8-14)21(16)17(11-29-23)20-12-31(13-32)9-10-33-20/h1-6,11,13-14,20H,7-10,12H2,(H,29,30). The highest BCUT2D eigenvalue weighted by atomic mass is 19.4. The van der Waals surface area contributed by atoms with E-state index in [1.54, 1.807) is 11.1 Å². The van der Waals surface area contributed by atoms with Gasteiger partial charge >= 0.3 is 6.18 Å². The van der Waals surface area contributed by atoms with E-state index in [0.717, 1.165) is 41.8 Å². The average molecular weight is 459 g/mol. The number of halogens is 4. The number of nitrogens with one attached hydrogen (secondary N) is 1. The molecule has 9 heteroatoms.